The molecule has 0 spiro atoms. The third-order valence-electron chi connectivity index (χ3n) is 7.02. The van der Waals surface area contributed by atoms with E-state index >= 15 is 0 Å². The summed E-state index contributed by atoms with van der Waals surface area (Å²) in [6, 6.07) is 10.9. The first-order valence-electron chi connectivity index (χ1n) is 12.0. The van der Waals surface area contributed by atoms with Crippen molar-refractivity contribution in [3.05, 3.63) is 47.5 Å². The molecule has 2 aromatic rings. The van der Waals surface area contributed by atoms with Gasteiger partial charge in [-0.2, -0.15) is 0 Å². The number of hydrogen-bond acceptors (Lipinski definition) is 6. The molecule has 188 valence electrons. The number of benzene rings is 2. The van der Waals surface area contributed by atoms with Crippen LogP contribution in [0.3, 0.4) is 0 Å². The van der Waals surface area contributed by atoms with E-state index < -0.39 is 0 Å². The lowest BCUT2D eigenvalue weighted by Gasteiger charge is -2.31. The molecule has 0 aromatic heterocycles. The van der Waals surface area contributed by atoms with Crippen LogP contribution in [0.1, 0.15) is 41.1 Å². The van der Waals surface area contributed by atoms with Crippen LogP contribution in [0.15, 0.2) is 36.4 Å². The van der Waals surface area contributed by atoms with Crippen molar-refractivity contribution < 1.29 is 28.5 Å². The highest BCUT2D eigenvalue weighted by Crippen LogP contribution is 2.44. The zero-order valence-electron chi connectivity index (χ0n) is 20.9. The van der Waals surface area contributed by atoms with E-state index in [0.29, 0.717) is 41.7 Å². The second-order valence-electron chi connectivity index (χ2n) is 9.00. The fraction of sp³-hybridized carbons (Fsp3) is 0.481. The average molecular weight is 483 g/mol. The summed E-state index contributed by atoms with van der Waals surface area (Å²) in [7, 11) is 6.29. The normalized spacial score (nSPS) is 19.9. The lowest BCUT2D eigenvalue weighted by atomic mass is 9.87. The van der Waals surface area contributed by atoms with E-state index in [9.17, 15) is 9.59 Å². The van der Waals surface area contributed by atoms with Crippen LogP contribution in [0.4, 0.5) is 0 Å². The topological polar surface area (TPSA) is 77.5 Å². The van der Waals surface area contributed by atoms with Crippen LogP contribution in [-0.2, 0) is 4.79 Å². The van der Waals surface area contributed by atoms with Gasteiger partial charge in [-0.15, -0.1) is 0 Å². The van der Waals surface area contributed by atoms with Gasteiger partial charge in [-0.05, 0) is 55.2 Å². The maximum Gasteiger partial charge on any atom is 0.254 e. The minimum atomic E-state index is -0.356. The molecule has 8 nitrogen and oxygen atoms in total. The van der Waals surface area contributed by atoms with Gasteiger partial charge in [-0.1, -0.05) is 6.07 Å². The molecule has 2 saturated heterocycles. The molecular weight excluding hydrogens is 448 g/mol. The van der Waals surface area contributed by atoms with Crippen LogP contribution in [0.2, 0.25) is 0 Å². The summed E-state index contributed by atoms with van der Waals surface area (Å²) in [5, 5.41) is 0. The highest BCUT2D eigenvalue weighted by molar-refractivity contribution is 5.95. The van der Waals surface area contributed by atoms with Crippen molar-refractivity contribution in [2.75, 3.05) is 54.6 Å². The van der Waals surface area contributed by atoms with E-state index in [1.54, 1.807) is 51.5 Å². The number of piperidine rings is 1. The molecule has 2 aliphatic heterocycles. The predicted octanol–water partition coefficient (Wildman–Crippen LogP) is 3.59. The Morgan fingerprint density at radius 3 is 2.09 bits per heavy atom. The number of methoxy groups -OCH3 is 4. The minimum Gasteiger partial charge on any atom is -0.497 e. The first kappa shape index (κ1) is 24.7. The maximum absolute atomic E-state index is 13.7. The summed E-state index contributed by atoms with van der Waals surface area (Å²) in [4.78, 5) is 30.9. The Balaban J connectivity index is 1.69. The number of carbonyl (C=O) groups is 2. The van der Waals surface area contributed by atoms with Crippen molar-refractivity contribution >= 4 is 11.8 Å². The summed E-state index contributed by atoms with van der Waals surface area (Å²) in [6.45, 7) is 2.30. The third-order valence-corrected chi connectivity index (χ3v) is 7.02. The number of likely N-dealkylation sites (tertiary alicyclic amines) is 2. The van der Waals surface area contributed by atoms with Crippen molar-refractivity contribution in [1.29, 1.82) is 0 Å². The molecule has 2 aromatic carbocycles. The van der Waals surface area contributed by atoms with E-state index in [0.717, 1.165) is 37.9 Å². The van der Waals surface area contributed by atoms with Gasteiger partial charge in [0.25, 0.3) is 5.91 Å². The molecule has 2 atom stereocenters. The van der Waals surface area contributed by atoms with Gasteiger partial charge in [0.15, 0.2) is 11.5 Å². The molecule has 8 heteroatoms. The standard InChI is InChI=1S/C27H34N2O6/c1-32-20-10-8-9-18(13-20)26(30)29-16-21(22(17-29)27(31)28-11-6-5-7-12-28)19-14-23(33-2)25(35-4)24(15-19)34-3/h8-10,13-15,21-22H,5-7,11-12,16-17H2,1-4H3/t21-,22+/m0/s1. The Kier molecular flexibility index (Phi) is 7.68. The van der Waals surface area contributed by atoms with Gasteiger partial charge >= 0.3 is 0 Å². The zero-order valence-corrected chi connectivity index (χ0v) is 20.9. The van der Waals surface area contributed by atoms with Gasteiger partial charge in [0.05, 0.1) is 34.4 Å². The molecule has 0 aliphatic carbocycles. The van der Waals surface area contributed by atoms with E-state index in [2.05, 4.69) is 0 Å². The largest absolute Gasteiger partial charge is 0.497 e. The summed E-state index contributed by atoms with van der Waals surface area (Å²) in [5.74, 6) is 1.61. The highest BCUT2D eigenvalue weighted by Gasteiger charge is 2.43. The second kappa shape index (κ2) is 10.9. The van der Waals surface area contributed by atoms with Crippen LogP contribution in [0.5, 0.6) is 23.0 Å². The molecule has 0 N–H and O–H groups in total. The number of amides is 2. The van der Waals surface area contributed by atoms with Crippen molar-refractivity contribution in [2.24, 2.45) is 5.92 Å². The van der Waals surface area contributed by atoms with Crippen LogP contribution in [-0.4, -0.2) is 76.2 Å². The van der Waals surface area contributed by atoms with Gasteiger partial charge < -0.3 is 28.7 Å². The molecule has 2 aliphatic rings. The monoisotopic (exact) mass is 482 g/mol. The van der Waals surface area contributed by atoms with E-state index in [4.69, 9.17) is 18.9 Å². The number of carbonyl (C=O) groups excluding carboxylic acids is 2. The Morgan fingerprint density at radius 2 is 1.49 bits per heavy atom. The highest BCUT2D eigenvalue weighted by atomic mass is 16.5. The predicted molar refractivity (Wildman–Crippen MR) is 132 cm³/mol. The maximum atomic E-state index is 13.7. The molecule has 35 heavy (non-hydrogen) atoms. The Labute approximate surface area is 206 Å². The zero-order chi connectivity index (χ0) is 24.9. The SMILES string of the molecule is COc1cccc(C(=O)N2C[C@@H](C(=O)N3CCCCC3)[C@H](c3cc(OC)c(OC)c(OC)c3)C2)c1. The lowest BCUT2D eigenvalue weighted by Crippen LogP contribution is -2.42. The Morgan fingerprint density at radius 1 is 0.800 bits per heavy atom. The molecule has 2 amide bonds. The first-order valence-corrected chi connectivity index (χ1v) is 12.0. The fourth-order valence-electron chi connectivity index (χ4n) is 5.16. The van der Waals surface area contributed by atoms with Crippen LogP contribution < -0.4 is 18.9 Å². The Bertz CT molecular complexity index is 1040. The number of ether oxygens (including phenoxy) is 4. The number of rotatable bonds is 7. The summed E-state index contributed by atoms with van der Waals surface area (Å²) >= 11 is 0. The summed E-state index contributed by atoms with van der Waals surface area (Å²) < 4.78 is 21.9. The molecule has 0 unspecified atom stereocenters. The molecule has 0 radical (unpaired) electrons. The summed E-state index contributed by atoms with van der Waals surface area (Å²) in [6.07, 6.45) is 3.17. The lowest BCUT2D eigenvalue weighted by molar-refractivity contribution is -0.136. The molecule has 4 rings (SSSR count). The van der Waals surface area contributed by atoms with Gasteiger partial charge in [0, 0.05) is 37.7 Å². The molecule has 0 bridgehead atoms. The third kappa shape index (κ3) is 5.01. The van der Waals surface area contributed by atoms with E-state index in [-0.39, 0.29) is 23.7 Å². The molecular formula is C27H34N2O6. The molecule has 2 fully saturated rings. The van der Waals surface area contributed by atoms with Crippen molar-refractivity contribution in [1.82, 2.24) is 9.80 Å². The second-order valence-corrected chi connectivity index (χ2v) is 9.00. The minimum absolute atomic E-state index is 0.101. The van der Waals surface area contributed by atoms with Crippen LogP contribution in [0.25, 0.3) is 0 Å². The number of nitrogens with zero attached hydrogens (tertiary/aromatic N) is 2. The van der Waals surface area contributed by atoms with Gasteiger partial charge in [0.1, 0.15) is 5.75 Å². The molecule has 0 saturated carbocycles. The van der Waals surface area contributed by atoms with Gasteiger partial charge in [0.2, 0.25) is 11.7 Å². The van der Waals surface area contributed by atoms with Crippen LogP contribution in [0, 0.1) is 5.92 Å². The van der Waals surface area contributed by atoms with E-state index in [1.165, 1.54) is 0 Å². The van der Waals surface area contributed by atoms with Gasteiger partial charge in [-0.3, -0.25) is 9.59 Å². The van der Waals surface area contributed by atoms with Crippen molar-refractivity contribution in [3.63, 3.8) is 0 Å². The quantitative estimate of drug-likeness (QED) is 0.600. The molecule has 2 heterocycles. The fourth-order valence-corrected chi connectivity index (χ4v) is 5.16. The summed E-state index contributed by atoms with van der Waals surface area (Å²) in [5.41, 5.74) is 1.43. The van der Waals surface area contributed by atoms with Crippen molar-refractivity contribution in [3.8, 4) is 23.0 Å². The number of hydrogen-bond donors (Lipinski definition) is 0. The van der Waals surface area contributed by atoms with Crippen LogP contribution >= 0.6 is 0 Å². The Hall–Kier alpha value is -3.42. The smallest absolute Gasteiger partial charge is 0.254 e. The van der Waals surface area contributed by atoms with Gasteiger partial charge in [-0.25, -0.2) is 0 Å². The average Bonchev–Trinajstić information content (AvgIpc) is 3.37. The van der Waals surface area contributed by atoms with Crippen molar-refractivity contribution in [2.45, 2.75) is 25.2 Å². The first-order chi connectivity index (χ1) is 17.0. The van der Waals surface area contributed by atoms with E-state index in [1.807, 2.05) is 23.1 Å².